The van der Waals surface area contributed by atoms with Crippen molar-refractivity contribution in [3.63, 3.8) is 0 Å². The zero-order valence-corrected chi connectivity index (χ0v) is 13.6. The molecule has 0 spiro atoms. The van der Waals surface area contributed by atoms with E-state index >= 15 is 0 Å². The summed E-state index contributed by atoms with van der Waals surface area (Å²) in [7, 11) is 5.68. The number of nitrogens with one attached hydrogen (secondary N) is 1. The molecule has 0 saturated carbocycles. The lowest BCUT2D eigenvalue weighted by atomic mass is 10.2. The van der Waals surface area contributed by atoms with Gasteiger partial charge in [0.15, 0.2) is 0 Å². The van der Waals surface area contributed by atoms with Crippen LogP contribution in [0.3, 0.4) is 0 Å². The third-order valence-electron chi connectivity index (χ3n) is 3.21. The summed E-state index contributed by atoms with van der Waals surface area (Å²) >= 11 is 3.65. The molecular formula is C16H19BrN2O. The van der Waals surface area contributed by atoms with Gasteiger partial charge < -0.3 is 15.0 Å². The van der Waals surface area contributed by atoms with Crippen molar-refractivity contribution < 1.29 is 4.74 Å². The van der Waals surface area contributed by atoms with Gasteiger partial charge in [-0.3, -0.25) is 0 Å². The second-order valence-corrected chi connectivity index (χ2v) is 5.43. The van der Waals surface area contributed by atoms with Gasteiger partial charge in [-0.05, 0) is 64.9 Å². The van der Waals surface area contributed by atoms with Crippen molar-refractivity contribution in [1.82, 2.24) is 5.32 Å². The molecule has 1 N–H and O–H groups in total. The van der Waals surface area contributed by atoms with Crippen molar-refractivity contribution >= 4 is 27.3 Å². The number of rotatable bonds is 5. The zero-order chi connectivity index (χ0) is 14.5. The van der Waals surface area contributed by atoms with Gasteiger partial charge in [0, 0.05) is 23.8 Å². The Labute approximate surface area is 128 Å². The van der Waals surface area contributed by atoms with Gasteiger partial charge in [-0.2, -0.15) is 0 Å². The summed E-state index contributed by atoms with van der Waals surface area (Å²) < 4.78 is 6.27. The molecule has 0 aliphatic heterocycles. The van der Waals surface area contributed by atoms with Gasteiger partial charge in [0.1, 0.15) is 5.75 Å². The van der Waals surface area contributed by atoms with E-state index in [9.17, 15) is 0 Å². The van der Waals surface area contributed by atoms with E-state index in [4.69, 9.17) is 4.74 Å². The number of benzene rings is 2. The molecule has 0 aliphatic rings. The van der Waals surface area contributed by atoms with Crippen LogP contribution >= 0.6 is 15.9 Å². The van der Waals surface area contributed by atoms with Crippen LogP contribution in [0.5, 0.6) is 5.75 Å². The molecular weight excluding hydrogens is 316 g/mol. The maximum Gasteiger partial charge on any atom is 0.119 e. The van der Waals surface area contributed by atoms with E-state index in [0.29, 0.717) is 0 Å². The largest absolute Gasteiger partial charge is 0.497 e. The summed E-state index contributed by atoms with van der Waals surface area (Å²) in [6.07, 6.45) is 0. The predicted octanol–water partition coefficient (Wildman–Crippen LogP) is 3.95. The maximum atomic E-state index is 5.19. The fourth-order valence-corrected chi connectivity index (χ4v) is 2.77. The third-order valence-corrected chi connectivity index (χ3v) is 3.85. The number of hydrogen-bond donors (Lipinski definition) is 1. The van der Waals surface area contributed by atoms with Crippen molar-refractivity contribution in [3.05, 3.63) is 52.5 Å². The summed E-state index contributed by atoms with van der Waals surface area (Å²) in [6.45, 7) is 0.866. The van der Waals surface area contributed by atoms with Crippen LogP contribution in [0.25, 0.3) is 0 Å². The molecule has 4 heteroatoms. The summed E-state index contributed by atoms with van der Waals surface area (Å²) in [5.41, 5.74) is 3.51. The molecule has 0 saturated heterocycles. The molecule has 0 aromatic heterocycles. The standard InChI is InChI=1S/C16H19BrN2O/c1-18-11-12-4-9-16(15(17)10-12)19(2)13-5-7-14(20-3)8-6-13/h4-10,18H,11H2,1-3H3. The van der Waals surface area contributed by atoms with E-state index in [0.717, 1.165) is 28.1 Å². The predicted molar refractivity (Wildman–Crippen MR) is 88.0 cm³/mol. The van der Waals surface area contributed by atoms with E-state index < -0.39 is 0 Å². The van der Waals surface area contributed by atoms with E-state index in [2.05, 4.69) is 51.4 Å². The topological polar surface area (TPSA) is 24.5 Å². The van der Waals surface area contributed by atoms with Crippen LogP contribution in [0, 0.1) is 0 Å². The maximum absolute atomic E-state index is 5.19. The number of halogens is 1. The summed E-state index contributed by atoms with van der Waals surface area (Å²) in [4.78, 5) is 2.15. The second-order valence-electron chi connectivity index (χ2n) is 4.57. The molecule has 0 aliphatic carbocycles. The van der Waals surface area contributed by atoms with Crippen LogP contribution in [-0.2, 0) is 6.54 Å². The highest BCUT2D eigenvalue weighted by molar-refractivity contribution is 9.10. The number of hydrogen-bond acceptors (Lipinski definition) is 3. The molecule has 0 atom stereocenters. The average molecular weight is 335 g/mol. The molecule has 0 fully saturated rings. The van der Waals surface area contributed by atoms with Crippen LogP contribution in [0.4, 0.5) is 11.4 Å². The minimum Gasteiger partial charge on any atom is -0.497 e. The Hall–Kier alpha value is -1.52. The fraction of sp³-hybridized carbons (Fsp3) is 0.250. The van der Waals surface area contributed by atoms with Gasteiger partial charge in [-0.25, -0.2) is 0 Å². The molecule has 0 bridgehead atoms. The van der Waals surface area contributed by atoms with Gasteiger partial charge in [-0.1, -0.05) is 6.07 Å². The number of nitrogens with zero attached hydrogens (tertiary/aromatic N) is 1. The second kappa shape index (κ2) is 6.77. The monoisotopic (exact) mass is 334 g/mol. The minimum atomic E-state index is 0.866. The SMILES string of the molecule is CNCc1ccc(N(C)c2ccc(OC)cc2)c(Br)c1. The first kappa shape index (κ1) is 14.9. The third kappa shape index (κ3) is 3.32. The lowest BCUT2D eigenvalue weighted by Crippen LogP contribution is -2.11. The van der Waals surface area contributed by atoms with Crippen molar-refractivity contribution in [3.8, 4) is 5.75 Å². The zero-order valence-electron chi connectivity index (χ0n) is 12.0. The lowest BCUT2D eigenvalue weighted by Gasteiger charge is -2.21. The van der Waals surface area contributed by atoms with Crippen LogP contribution in [0.15, 0.2) is 46.9 Å². The Balaban J connectivity index is 2.25. The Morgan fingerprint density at radius 2 is 1.85 bits per heavy atom. The van der Waals surface area contributed by atoms with Gasteiger partial charge >= 0.3 is 0 Å². The van der Waals surface area contributed by atoms with Gasteiger partial charge in [-0.15, -0.1) is 0 Å². The summed E-state index contributed by atoms with van der Waals surface area (Å²) in [6, 6.07) is 14.4. The molecule has 0 amide bonds. The first-order chi connectivity index (χ1) is 9.65. The highest BCUT2D eigenvalue weighted by Gasteiger charge is 2.08. The molecule has 2 aromatic carbocycles. The Morgan fingerprint density at radius 1 is 1.15 bits per heavy atom. The number of anilines is 2. The smallest absolute Gasteiger partial charge is 0.119 e. The van der Waals surface area contributed by atoms with Gasteiger partial charge in [0.25, 0.3) is 0 Å². The summed E-state index contributed by atoms with van der Waals surface area (Å²) in [5.74, 6) is 0.866. The number of ether oxygens (including phenoxy) is 1. The highest BCUT2D eigenvalue weighted by atomic mass is 79.9. The Bertz CT molecular complexity index is 569. The molecule has 2 aromatic rings. The average Bonchev–Trinajstić information content (AvgIpc) is 2.47. The van der Waals surface area contributed by atoms with Gasteiger partial charge in [0.05, 0.1) is 12.8 Å². The lowest BCUT2D eigenvalue weighted by molar-refractivity contribution is 0.415. The highest BCUT2D eigenvalue weighted by Crippen LogP contribution is 2.32. The molecule has 0 radical (unpaired) electrons. The summed E-state index contributed by atoms with van der Waals surface area (Å²) in [5, 5.41) is 3.16. The van der Waals surface area contributed by atoms with E-state index in [-0.39, 0.29) is 0 Å². The van der Waals surface area contributed by atoms with Crippen molar-refractivity contribution in [1.29, 1.82) is 0 Å². The Kier molecular flexibility index (Phi) is 5.04. The molecule has 3 nitrogen and oxygen atoms in total. The first-order valence-corrected chi connectivity index (χ1v) is 7.26. The van der Waals surface area contributed by atoms with Crippen LogP contribution < -0.4 is 15.0 Å². The normalized spacial score (nSPS) is 10.4. The van der Waals surface area contributed by atoms with Gasteiger partial charge in [0.2, 0.25) is 0 Å². The van der Waals surface area contributed by atoms with Crippen LogP contribution in [0.1, 0.15) is 5.56 Å². The van der Waals surface area contributed by atoms with E-state index in [1.54, 1.807) is 7.11 Å². The number of methoxy groups -OCH3 is 1. The molecule has 2 rings (SSSR count). The first-order valence-electron chi connectivity index (χ1n) is 6.46. The van der Waals surface area contributed by atoms with Crippen LogP contribution in [-0.4, -0.2) is 21.2 Å². The van der Waals surface area contributed by atoms with E-state index in [1.807, 2.05) is 31.3 Å². The molecule has 106 valence electrons. The quantitative estimate of drug-likeness (QED) is 0.896. The molecule has 0 unspecified atom stereocenters. The van der Waals surface area contributed by atoms with E-state index in [1.165, 1.54) is 5.56 Å². The van der Waals surface area contributed by atoms with Crippen molar-refractivity contribution in [2.75, 3.05) is 26.1 Å². The fourth-order valence-electron chi connectivity index (χ4n) is 2.08. The van der Waals surface area contributed by atoms with Crippen molar-refractivity contribution in [2.24, 2.45) is 0 Å². The minimum absolute atomic E-state index is 0.866. The molecule has 0 heterocycles. The Morgan fingerprint density at radius 3 is 2.40 bits per heavy atom. The van der Waals surface area contributed by atoms with Crippen LogP contribution in [0.2, 0.25) is 0 Å². The molecule has 20 heavy (non-hydrogen) atoms. The van der Waals surface area contributed by atoms with Crippen molar-refractivity contribution in [2.45, 2.75) is 6.54 Å².